The van der Waals surface area contributed by atoms with E-state index in [1.54, 1.807) is 0 Å². The molecule has 0 aromatic heterocycles. The molecular weight excluding hydrogens is 184 g/mol. The van der Waals surface area contributed by atoms with E-state index in [0.717, 1.165) is 0 Å². The Morgan fingerprint density at radius 1 is 1.46 bits per heavy atom. The van der Waals surface area contributed by atoms with E-state index >= 15 is 0 Å². The van der Waals surface area contributed by atoms with Crippen molar-refractivity contribution in [1.82, 2.24) is 0 Å². The zero-order valence-electron chi connectivity index (χ0n) is 8.38. The topological polar surface area (TPSA) is 26.3 Å². The summed E-state index contributed by atoms with van der Waals surface area (Å²) in [5.74, 6) is 7.42. The molecule has 13 heavy (non-hydrogen) atoms. The van der Waals surface area contributed by atoms with Crippen LogP contribution in [0.1, 0.15) is 20.8 Å². The second-order valence-electron chi connectivity index (χ2n) is 3.66. The second kappa shape index (κ2) is 5.07. The molecule has 0 fully saturated rings. The lowest BCUT2D eigenvalue weighted by Crippen LogP contribution is -2.28. The van der Waals surface area contributed by atoms with E-state index in [4.69, 9.17) is 10.6 Å². The van der Waals surface area contributed by atoms with Gasteiger partial charge in [0.1, 0.15) is 6.10 Å². The van der Waals surface area contributed by atoms with Gasteiger partial charge in [-0.15, -0.1) is 6.42 Å². The number of terminal acetylenes is 1. The summed E-state index contributed by atoms with van der Waals surface area (Å²) in [7, 11) is 0. The molecular formula is C10H14O2S. The molecule has 2 unspecified atom stereocenters. The van der Waals surface area contributed by atoms with Crippen LogP contribution in [0, 0.1) is 29.6 Å². The van der Waals surface area contributed by atoms with Gasteiger partial charge in [0.2, 0.25) is 0 Å². The zero-order valence-corrected chi connectivity index (χ0v) is 9.20. The minimum atomic E-state index is -1.32. The molecule has 0 heterocycles. The van der Waals surface area contributed by atoms with Crippen LogP contribution in [-0.2, 0) is 15.3 Å². The number of hydrogen-bond acceptors (Lipinski definition) is 2. The Balaban J connectivity index is 4.59. The first-order valence-electron chi connectivity index (χ1n) is 3.84. The first-order chi connectivity index (χ1) is 5.88. The molecule has 0 bridgehead atoms. The largest absolute Gasteiger partial charge is 0.274 e. The molecule has 0 amide bonds. The predicted molar refractivity (Wildman–Crippen MR) is 55.0 cm³/mol. The first kappa shape index (κ1) is 12.2. The highest BCUT2D eigenvalue weighted by molar-refractivity contribution is 7.79. The SMILES string of the molecule is C#CC#CC(OS(C)=O)C(C)(C)C. The standard InChI is InChI=1S/C10H14O2S/c1-6-7-8-9(10(2,3)4)12-13(5)11/h1,9H,2-5H3. The Kier molecular flexibility index (Phi) is 4.77. The van der Waals surface area contributed by atoms with Crippen molar-refractivity contribution < 1.29 is 8.39 Å². The highest BCUT2D eigenvalue weighted by Gasteiger charge is 2.24. The monoisotopic (exact) mass is 198 g/mol. The molecule has 0 saturated carbocycles. The van der Waals surface area contributed by atoms with Crippen LogP contribution >= 0.6 is 0 Å². The van der Waals surface area contributed by atoms with Crippen LogP contribution in [-0.4, -0.2) is 16.6 Å². The fourth-order valence-electron chi connectivity index (χ4n) is 0.628. The molecule has 0 aromatic carbocycles. The summed E-state index contributed by atoms with van der Waals surface area (Å²) >= 11 is -1.32. The predicted octanol–water partition coefficient (Wildman–Crippen LogP) is 1.35. The van der Waals surface area contributed by atoms with E-state index in [2.05, 4.69) is 17.8 Å². The summed E-state index contributed by atoms with van der Waals surface area (Å²) in [5.41, 5.74) is -0.185. The summed E-state index contributed by atoms with van der Waals surface area (Å²) in [6.45, 7) is 5.86. The fraction of sp³-hybridized carbons (Fsp3) is 0.600. The fourth-order valence-corrected chi connectivity index (χ4v) is 1.24. The van der Waals surface area contributed by atoms with E-state index in [-0.39, 0.29) is 5.41 Å². The van der Waals surface area contributed by atoms with Crippen LogP contribution in [0.2, 0.25) is 0 Å². The molecule has 2 nitrogen and oxygen atoms in total. The Bertz CT molecular complexity index is 283. The average Bonchev–Trinajstić information content (AvgIpc) is 1.95. The van der Waals surface area contributed by atoms with E-state index in [1.165, 1.54) is 6.26 Å². The van der Waals surface area contributed by atoms with Gasteiger partial charge in [0.05, 0.1) is 0 Å². The van der Waals surface area contributed by atoms with Crippen molar-refractivity contribution in [2.24, 2.45) is 5.41 Å². The molecule has 3 heteroatoms. The van der Waals surface area contributed by atoms with Gasteiger partial charge < -0.3 is 0 Å². The molecule has 0 aromatic rings. The molecule has 72 valence electrons. The van der Waals surface area contributed by atoms with Crippen molar-refractivity contribution in [3.8, 4) is 24.2 Å². The summed E-state index contributed by atoms with van der Waals surface area (Å²) in [6.07, 6.45) is 6.07. The van der Waals surface area contributed by atoms with Crippen molar-refractivity contribution in [3.63, 3.8) is 0 Å². The maximum absolute atomic E-state index is 10.8. The molecule has 0 radical (unpaired) electrons. The van der Waals surface area contributed by atoms with Gasteiger partial charge in [0.25, 0.3) is 0 Å². The van der Waals surface area contributed by atoms with Gasteiger partial charge >= 0.3 is 0 Å². The Hall–Kier alpha value is -0.770. The third kappa shape index (κ3) is 5.47. The van der Waals surface area contributed by atoms with Gasteiger partial charge in [-0.05, 0) is 11.8 Å². The minimum Gasteiger partial charge on any atom is -0.274 e. The van der Waals surface area contributed by atoms with E-state index in [0.29, 0.717) is 0 Å². The highest BCUT2D eigenvalue weighted by atomic mass is 32.2. The van der Waals surface area contributed by atoms with Crippen molar-refractivity contribution in [3.05, 3.63) is 0 Å². The minimum absolute atomic E-state index is 0.185. The molecule has 0 aliphatic rings. The van der Waals surface area contributed by atoms with Gasteiger partial charge in [-0.2, -0.15) is 0 Å². The Labute approximate surface area is 82.7 Å². The van der Waals surface area contributed by atoms with Crippen molar-refractivity contribution in [2.75, 3.05) is 6.26 Å². The van der Waals surface area contributed by atoms with E-state index in [1.807, 2.05) is 20.8 Å². The van der Waals surface area contributed by atoms with E-state index in [9.17, 15) is 4.21 Å². The first-order valence-corrected chi connectivity index (χ1v) is 5.33. The molecule has 0 saturated heterocycles. The molecule has 0 aliphatic heterocycles. The van der Waals surface area contributed by atoms with Crippen LogP contribution in [0.15, 0.2) is 0 Å². The quantitative estimate of drug-likeness (QED) is 0.626. The lowest BCUT2D eigenvalue weighted by molar-refractivity contribution is 0.154. The maximum atomic E-state index is 10.8. The van der Waals surface area contributed by atoms with Crippen molar-refractivity contribution in [2.45, 2.75) is 26.9 Å². The molecule has 0 aliphatic carbocycles. The normalized spacial score (nSPS) is 15.0. The summed E-state index contributed by atoms with van der Waals surface area (Å²) < 4.78 is 16.0. The van der Waals surface area contributed by atoms with Crippen molar-refractivity contribution in [1.29, 1.82) is 0 Å². The summed E-state index contributed by atoms with van der Waals surface area (Å²) in [6, 6.07) is 0. The third-order valence-corrected chi connectivity index (χ3v) is 1.76. The summed E-state index contributed by atoms with van der Waals surface area (Å²) in [5, 5.41) is 0. The zero-order chi connectivity index (χ0) is 10.5. The van der Waals surface area contributed by atoms with Crippen LogP contribution in [0.4, 0.5) is 0 Å². The van der Waals surface area contributed by atoms with Crippen LogP contribution < -0.4 is 0 Å². The highest BCUT2D eigenvalue weighted by Crippen LogP contribution is 2.22. The third-order valence-electron chi connectivity index (χ3n) is 1.29. The maximum Gasteiger partial charge on any atom is 0.153 e. The number of hydrogen-bond donors (Lipinski definition) is 0. The van der Waals surface area contributed by atoms with Gasteiger partial charge in [-0.1, -0.05) is 26.7 Å². The average molecular weight is 198 g/mol. The van der Waals surface area contributed by atoms with Gasteiger partial charge in [-0.25, -0.2) is 4.21 Å². The smallest absolute Gasteiger partial charge is 0.153 e. The number of rotatable bonds is 2. The molecule has 0 rings (SSSR count). The Morgan fingerprint density at radius 2 is 2.00 bits per heavy atom. The molecule has 0 spiro atoms. The lowest BCUT2D eigenvalue weighted by Gasteiger charge is -2.24. The lowest BCUT2D eigenvalue weighted by atomic mass is 9.90. The van der Waals surface area contributed by atoms with Crippen LogP contribution in [0.5, 0.6) is 0 Å². The molecule has 0 N–H and O–H groups in total. The summed E-state index contributed by atoms with van der Waals surface area (Å²) in [4.78, 5) is 0. The van der Waals surface area contributed by atoms with Crippen LogP contribution in [0.25, 0.3) is 0 Å². The van der Waals surface area contributed by atoms with E-state index < -0.39 is 17.2 Å². The molecule has 2 atom stereocenters. The van der Waals surface area contributed by atoms with Gasteiger partial charge in [0.15, 0.2) is 11.1 Å². The van der Waals surface area contributed by atoms with Gasteiger partial charge in [0, 0.05) is 11.7 Å². The second-order valence-corrected chi connectivity index (χ2v) is 4.65. The van der Waals surface area contributed by atoms with Crippen LogP contribution in [0.3, 0.4) is 0 Å². The van der Waals surface area contributed by atoms with Crippen molar-refractivity contribution >= 4 is 11.1 Å². The Morgan fingerprint density at radius 3 is 2.31 bits per heavy atom. The van der Waals surface area contributed by atoms with Gasteiger partial charge in [-0.3, -0.25) is 4.18 Å².